The lowest BCUT2D eigenvalue weighted by molar-refractivity contribution is 0.244. The van der Waals surface area contributed by atoms with E-state index in [-0.39, 0.29) is 18.2 Å². The molecule has 2 amide bonds. The van der Waals surface area contributed by atoms with Crippen molar-refractivity contribution < 1.29 is 9.21 Å². The lowest BCUT2D eigenvalue weighted by Gasteiger charge is -2.29. The molecule has 2 aromatic rings. The van der Waals surface area contributed by atoms with Gasteiger partial charge in [-0.3, -0.25) is 0 Å². The molecule has 1 fully saturated rings. The molecular formula is C19H23N5O2. The summed E-state index contributed by atoms with van der Waals surface area (Å²) in [6.07, 6.45) is 8.59. The van der Waals surface area contributed by atoms with Crippen molar-refractivity contribution in [3.63, 3.8) is 0 Å². The van der Waals surface area contributed by atoms with Crippen LogP contribution in [0, 0.1) is 0 Å². The molecule has 1 aromatic heterocycles. The summed E-state index contributed by atoms with van der Waals surface area (Å²) < 4.78 is 5.29. The number of rotatable bonds is 3. The minimum absolute atomic E-state index is 0.164. The standard InChI is InChI=1S/C19H23N5O2/c20-17-16-9-10-26-18(16)21-12-24(17)15-8-4-7-14(11-15)23-19(25)22-13-5-2-1-3-6-13/h4,7-13,17H,1-3,5-6,20H2,(H2,22,23,25). The Labute approximate surface area is 152 Å². The lowest BCUT2D eigenvalue weighted by atomic mass is 9.96. The van der Waals surface area contributed by atoms with Gasteiger partial charge < -0.3 is 25.7 Å². The molecule has 0 bridgehead atoms. The molecule has 136 valence electrons. The molecule has 1 aliphatic carbocycles. The van der Waals surface area contributed by atoms with Gasteiger partial charge >= 0.3 is 6.03 Å². The van der Waals surface area contributed by atoms with Crippen LogP contribution in [0.15, 0.2) is 46.0 Å². The van der Waals surface area contributed by atoms with E-state index in [2.05, 4.69) is 15.6 Å². The van der Waals surface area contributed by atoms with E-state index in [9.17, 15) is 4.79 Å². The average molecular weight is 353 g/mol. The van der Waals surface area contributed by atoms with Crippen molar-refractivity contribution in [3.8, 4) is 0 Å². The normalized spacial score (nSPS) is 19.9. The highest BCUT2D eigenvalue weighted by molar-refractivity contribution is 5.91. The third kappa shape index (κ3) is 3.43. The minimum atomic E-state index is -0.382. The Balaban J connectivity index is 1.44. The van der Waals surface area contributed by atoms with Gasteiger partial charge in [-0.2, -0.15) is 0 Å². The molecule has 1 atom stereocenters. The summed E-state index contributed by atoms with van der Waals surface area (Å²) in [6.45, 7) is 0. The van der Waals surface area contributed by atoms with Crippen molar-refractivity contribution in [2.24, 2.45) is 10.7 Å². The van der Waals surface area contributed by atoms with E-state index in [0.717, 1.165) is 29.8 Å². The van der Waals surface area contributed by atoms with Gasteiger partial charge in [-0.15, -0.1) is 0 Å². The van der Waals surface area contributed by atoms with E-state index < -0.39 is 0 Å². The maximum absolute atomic E-state index is 12.3. The van der Waals surface area contributed by atoms with Gasteiger partial charge in [0.2, 0.25) is 5.88 Å². The van der Waals surface area contributed by atoms with Crippen molar-refractivity contribution in [1.29, 1.82) is 0 Å². The molecule has 26 heavy (non-hydrogen) atoms. The quantitative estimate of drug-likeness (QED) is 0.780. The molecule has 2 heterocycles. The van der Waals surface area contributed by atoms with Gasteiger partial charge in [0.15, 0.2) is 0 Å². The number of carbonyl (C=O) groups excluding carboxylic acids is 1. The number of benzene rings is 1. The summed E-state index contributed by atoms with van der Waals surface area (Å²) in [7, 11) is 0. The van der Waals surface area contributed by atoms with Gasteiger partial charge in [0.1, 0.15) is 12.5 Å². The van der Waals surface area contributed by atoms with E-state index in [0.29, 0.717) is 5.88 Å². The zero-order chi connectivity index (χ0) is 17.9. The number of hydrogen-bond acceptors (Lipinski definition) is 5. The van der Waals surface area contributed by atoms with Gasteiger partial charge in [0.25, 0.3) is 0 Å². The van der Waals surface area contributed by atoms with Crippen LogP contribution in [0.2, 0.25) is 0 Å². The van der Waals surface area contributed by atoms with E-state index in [1.165, 1.54) is 19.3 Å². The number of carbonyl (C=O) groups is 1. The van der Waals surface area contributed by atoms with E-state index in [1.807, 2.05) is 35.2 Å². The van der Waals surface area contributed by atoms with E-state index in [4.69, 9.17) is 10.2 Å². The van der Waals surface area contributed by atoms with Crippen LogP contribution in [-0.2, 0) is 0 Å². The highest BCUT2D eigenvalue weighted by Crippen LogP contribution is 2.34. The molecule has 7 heteroatoms. The summed E-state index contributed by atoms with van der Waals surface area (Å²) in [5.74, 6) is 0.537. The van der Waals surface area contributed by atoms with Crippen molar-refractivity contribution in [1.82, 2.24) is 5.32 Å². The molecule has 2 aliphatic rings. The number of furan rings is 1. The third-order valence-electron chi connectivity index (χ3n) is 4.93. The molecule has 4 N–H and O–H groups in total. The molecule has 0 saturated heterocycles. The van der Waals surface area contributed by atoms with Crippen LogP contribution >= 0.6 is 0 Å². The summed E-state index contributed by atoms with van der Waals surface area (Å²) in [5, 5.41) is 5.97. The van der Waals surface area contributed by atoms with Crippen molar-refractivity contribution >= 4 is 29.6 Å². The minimum Gasteiger partial charge on any atom is -0.446 e. The molecule has 1 aromatic carbocycles. The first-order valence-corrected chi connectivity index (χ1v) is 9.04. The van der Waals surface area contributed by atoms with Gasteiger partial charge in [0.05, 0.1) is 11.8 Å². The zero-order valence-electron chi connectivity index (χ0n) is 14.5. The number of nitrogens with one attached hydrogen (secondary N) is 2. The summed E-state index contributed by atoms with van der Waals surface area (Å²) in [6, 6.07) is 9.50. The third-order valence-corrected chi connectivity index (χ3v) is 4.93. The van der Waals surface area contributed by atoms with Gasteiger partial charge in [0, 0.05) is 17.4 Å². The fraction of sp³-hybridized carbons (Fsp3) is 0.368. The molecule has 0 radical (unpaired) electrons. The molecule has 4 rings (SSSR count). The Morgan fingerprint density at radius 3 is 2.92 bits per heavy atom. The number of anilines is 2. The van der Waals surface area contributed by atoms with Crippen LogP contribution in [0.4, 0.5) is 22.1 Å². The zero-order valence-corrected chi connectivity index (χ0v) is 14.5. The highest BCUT2D eigenvalue weighted by Gasteiger charge is 2.24. The SMILES string of the molecule is NC1c2ccoc2N=CN1c1cccc(NC(=O)NC2CCCCC2)c1. The van der Waals surface area contributed by atoms with Crippen LogP contribution in [0.25, 0.3) is 0 Å². The number of amides is 2. The molecular weight excluding hydrogens is 330 g/mol. The number of nitrogens with two attached hydrogens (primary N) is 1. The average Bonchev–Trinajstić information content (AvgIpc) is 3.13. The van der Waals surface area contributed by atoms with Crippen molar-refractivity contribution in [3.05, 3.63) is 42.2 Å². The first-order chi connectivity index (χ1) is 12.7. The molecule has 1 aliphatic heterocycles. The topological polar surface area (TPSA) is 95.9 Å². The Hall–Kier alpha value is -2.80. The lowest BCUT2D eigenvalue weighted by Crippen LogP contribution is -2.39. The van der Waals surface area contributed by atoms with Crippen LogP contribution in [0.1, 0.15) is 43.8 Å². The predicted molar refractivity (Wildman–Crippen MR) is 102 cm³/mol. The Kier molecular flexibility index (Phi) is 4.62. The van der Waals surface area contributed by atoms with Gasteiger partial charge in [-0.25, -0.2) is 9.79 Å². The fourth-order valence-electron chi connectivity index (χ4n) is 3.55. The Morgan fingerprint density at radius 2 is 2.08 bits per heavy atom. The largest absolute Gasteiger partial charge is 0.446 e. The second-order valence-electron chi connectivity index (χ2n) is 6.76. The first kappa shape index (κ1) is 16.7. The van der Waals surface area contributed by atoms with E-state index in [1.54, 1.807) is 12.6 Å². The van der Waals surface area contributed by atoms with Crippen LogP contribution in [0.3, 0.4) is 0 Å². The highest BCUT2D eigenvalue weighted by atomic mass is 16.3. The fourth-order valence-corrected chi connectivity index (χ4v) is 3.55. The molecule has 1 unspecified atom stereocenters. The first-order valence-electron chi connectivity index (χ1n) is 9.04. The van der Waals surface area contributed by atoms with Crippen LogP contribution in [-0.4, -0.2) is 18.4 Å². The van der Waals surface area contributed by atoms with Gasteiger partial charge in [-0.05, 0) is 37.1 Å². The van der Waals surface area contributed by atoms with E-state index >= 15 is 0 Å². The monoisotopic (exact) mass is 353 g/mol. The molecule has 7 nitrogen and oxygen atoms in total. The van der Waals surface area contributed by atoms with Crippen LogP contribution < -0.4 is 21.3 Å². The second-order valence-corrected chi connectivity index (χ2v) is 6.76. The maximum Gasteiger partial charge on any atom is 0.319 e. The Bertz CT molecular complexity index is 810. The number of nitrogens with zero attached hydrogens (tertiary/aromatic N) is 2. The summed E-state index contributed by atoms with van der Waals surface area (Å²) >= 11 is 0. The number of urea groups is 1. The summed E-state index contributed by atoms with van der Waals surface area (Å²) in [5.41, 5.74) is 8.72. The number of aliphatic imine (C=N–C) groups is 1. The second kappa shape index (κ2) is 7.21. The van der Waals surface area contributed by atoms with Crippen molar-refractivity contribution in [2.45, 2.75) is 44.3 Å². The van der Waals surface area contributed by atoms with Crippen LogP contribution in [0.5, 0.6) is 0 Å². The predicted octanol–water partition coefficient (Wildman–Crippen LogP) is 3.87. The molecule has 0 spiro atoms. The number of fused-ring (bicyclic) bond motifs is 1. The number of hydrogen-bond donors (Lipinski definition) is 3. The molecule has 1 saturated carbocycles. The Morgan fingerprint density at radius 1 is 1.23 bits per heavy atom. The summed E-state index contributed by atoms with van der Waals surface area (Å²) in [4.78, 5) is 18.4. The van der Waals surface area contributed by atoms with Crippen molar-refractivity contribution in [2.75, 3.05) is 10.2 Å². The van der Waals surface area contributed by atoms with Gasteiger partial charge in [-0.1, -0.05) is 25.3 Å². The smallest absolute Gasteiger partial charge is 0.319 e. The maximum atomic E-state index is 12.3.